The number of hydrogen-bond acceptors (Lipinski definition) is 3. The van der Waals surface area contributed by atoms with Crippen LogP contribution in [0.3, 0.4) is 0 Å². The molecule has 0 bridgehead atoms. The van der Waals surface area contributed by atoms with Crippen molar-refractivity contribution in [1.29, 1.82) is 0 Å². The molecule has 16 aromatic rings. The molecule has 0 unspecified atom stereocenters. The van der Waals surface area contributed by atoms with Crippen LogP contribution in [-0.4, -0.2) is 11.3 Å². The molecule has 0 radical (unpaired) electrons. The minimum Gasteiger partial charge on any atom is -0.456 e. The molecule has 0 fully saturated rings. The van der Waals surface area contributed by atoms with Crippen molar-refractivity contribution < 1.29 is 22.2 Å². The molecule has 438 valence electrons. The second-order valence-corrected chi connectivity index (χ2v) is 25.0. The second-order valence-electron chi connectivity index (χ2n) is 25.0. The van der Waals surface area contributed by atoms with E-state index in [9.17, 15) is 11.0 Å². The van der Waals surface area contributed by atoms with E-state index in [4.69, 9.17) is 11.3 Å². The Morgan fingerprint density at radius 3 is 1.53 bits per heavy atom. The molecule has 0 aliphatic carbocycles. The normalized spacial score (nSPS) is 14.6. The fourth-order valence-electron chi connectivity index (χ4n) is 14.4. The molecule has 14 aromatic carbocycles. The molecule has 93 heavy (non-hydrogen) atoms. The van der Waals surface area contributed by atoms with Gasteiger partial charge < -0.3 is 18.8 Å². The Hall–Kier alpha value is -11.7. The average Bonchev–Trinajstić information content (AvgIpc) is 0.877. The van der Waals surface area contributed by atoms with Crippen molar-refractivity contribution in [2.24, 2.45) is 0 Å². The minimum absolute atomic E-state index is 0.0204. The average molecular weight is 1200 g/mol. The Morgan fingerprint density at radius 1 is 0.344 bits per heavy atom. The summed E-state index contributed by atoms with van der Waals surface area (Å²) >= 11 is 0. The first-order valence-electron chi connectivity index (χ1n) is 37.8. The van der Waals surface area contributed by atoms with Crippen LogP contribution in [0, 0.1) is 0 Å². The van der Waals surface area contributed by atoms with Gasteiger partial charge in [-0.1, -0.05) is 257 Å². The zero-order valence-corrected chi connectivity index (χ0v) is 50.9. The van der Waals surface area contributed by atoms with E-state index in [1.807, 2.05) is 140 Å². The predicted octanol–water partition coefficient (Wildman–Crippen LogP) is 22.1. The summed E-state index contributed by atoms with van der Waals surface area (Å²) in [7, 11) is 0. The summed E-state index contributed by atoms with van der Waals surface area (Å²) in [5.41, 5.74) is 18.4. The number of hydrogen-bond donors (Lipinski definition) is 0. The summed E-state index contributed by atoms with van der Waals surface area (Å²) in [4.78, 5) is 4.63. The van der Waals surface area contributed by atoms with Crippen LogP contribution in [0.1, 0.15) is 44.2 Å². The lowest BCUT2D eigenvalue weighted by atomic mass is 9.33. The molecule has 0 saturated carbocycles. The first kappa shape index (κ1) is 42.4. The third kappa shape index (κ3) is 8.90. The van der Waals surface area contributed by atoms with Crippen molar-refractivity contribution in [2.75, 3.05) is 9.80 Å². The highest BCUT2D eigenvalue weighted by Gasteiger charge is 2.45. The van der Waals surface area contributed by atoms with E-state index in [-0.39, 0.29) is 39.5 Å². The number of benzene rings is 14. The quantitative estimate of drug-likeness (QED) is 0.135. The van der Waals surface area contributed by atoms with Crippen molar-refractivity contribution in [1.82, 2.24) is 4.57 Å². The van der Waals surface area contributed by atoms with Crippen LogP contribution in [0.5, 0.6) is 0 Å². The van der Waals surface area contributed by atoms with Gasteiger partial charge in [0.05, 0.1) is 34.5 Å². The summed E-state index contributed by atoms with van der Waals surface area (Å²) in [6.45, 7) is 5.84. The molecule has 4 nitrogen and oxygen atoms in total. The third-order valence-corrected chi connectivity index (χ3v) is 18.6. The summed E-state index contributed by atoms with van der Waals surface area (Å²) in [5, 5.41) is 1.67. The van der Waals surface area contributed by atoms with Gasteiger partial charge in [-0.3, -0.25) is 0 Å². The van der Waals surface area contributed by atoms with Crippen molar-refractivity contribution in [3.8, 4) is 72.4 Å². The molecular formula is C88H62BN3O. The van der Waals surface area contributed by atoms with Gasteiger partial charge in [-0.2, -0.15) is 0 Å². The van der Waals surface area contributed by atoms with Crippen LogP contribution in [0.2, 0.25) is 0 Å². The lowest BCUT2D eigenvalue weighted by molar-refractivity contribution is 0.591. The lowest BCUT2D eigenvalue weighted by Gasteiger charge is -2.45. The zero-order chi connectivity index (χ0) is 73.2. The van der Waals surface area contributed by atoms with E-state index < -0.39 is 78.6 Å². The number of furan rings is 1. The highest BCUT2D eigenvalue weighted by molar-refractivity contribution is 7.00. The van der Waals surface area contributed by atoms with Crippen molar-refractivity contribution in [2.45, 2.75) is 26.2 Å². The number of fused-ring (bicyclic) bond motifs is 10. The molecule has 18 rings (SSSR count). The van der Waals surface area contributed by atoms with E-state index in [2.05, 4.69) is 134 Å². The Kier molecular flexibility index (Phi) is 9.80. The molecule has 4 heterocycles. The number of anilines is 6. The van der Waals surface area contributed by atoms with Gasteiger partial charge in [0.15, 0.2) is 0 Å². The first-order valence-corrected chi connectivity index (χ1v) is 31.3. The van der Waals surface area contributed by atoms with Gasteiger partial charge in [-0.25, -0.2) is 0 Å². The molecule has 5 heteroatoms. The van der Waals surface area contributed by atoms with E-state index in [0.29, 0.717) is 39.3 Å². The maximum atomic E-state index is 9.81. The summed E-state index contributed by atoms with van der Waals surface area (Å²) in [5.74, 6) is 0. The van der Waals surface area contributed by atoms with Gasteiger partial charge in [-0.15, -0.1) is 0 Å². The largest absolute Gasteiger partial charge is 0.456 e. The van der Waals surface area contributed by atoms with E-state index >= 15 is 0 Å². The van der Waals surface area contributed by atoms with Crippen molar-refractivity contribution in [3.63, 3.8) is 0 Å². The Bertz CT molecular complexity index is 6210. The van der Waals surface area contributed by atoms with Crippen LogP contribution < -0.4 is 26.2 Å². The second kappa shape index (κ2) is 21.5. The molecule has 2 aromatic heterocycles. The molecule has 0 spiro atoms. The highest BCUT2D eigenvalue weighted by Crippen LogP contribution is 2.54. The van der Waals surface area contributed by atoms with E-state index in [1.165, 1.54) is 0 Å². The zero-order valence-electron chi connectivity index (χ0n) is 63.9. The molecule has 0 atom stereocenters. The first-order chi connectivity index (χ1) is 51.2. The van der Waals surface area contributed by atoms with Gasteiger partial charge in [0.25, 0.3) is 6.71 Å². The van der Waals surface area contributed by atoms with Crippen molar-refractivity contribution in [3.05, 3.63) is 327 Å². The molecule has 0 N–H and O–H groups in total. The maximum Gasteiger partial charge on any atom is 0.252 e. The van der Waals surface area contributed by atoms with Crippen LogP contribution in [0.25, 0.3) is 116 Å². The lowest BCUT2D eigenvalue weighted by Crippen LogP contribution is -2.61. The van der Waals surface area contributed by atoms with Gasteiger partial charge in [-0.05, 0) is 168 Å². The predicted molar refractivity (Wildman–Crippen MR) is 393 cm³/mol. The topological polar surface area (TPSA) is 24.6 Å². The maximum absolute atomic E-state index is 9.81. The monoisotopic (exact) mass is 1200 g/mol. The Labute approximate surface area is 560 Å². The van der Waals surface area contributed by atoms with E-state index in [0.717, 1.165) is 106 Å². The number of aromatic nitrogens is 1. The molecule has 0 amide bonds. The van der Waals surface area contributed by atoms with Crippen LogP contribution in [0.15, 0.2) is 326 Å². The van der Waals surface area contributed by atoms with Gasteiger partial charge in [0, 0.05) is 66.8 Å². The van der Waals surface area contributed by atoms with Crippen LogP contribution in [-0.2, 0) is 5.41 Å². The molecule has 2 aliphatic heterocycles. The van der Waals surface area contributed by atoms with Crippen LogP contribution >= 0.6 is 0 Å². The van der Waals surface area contributed by atoms with Gasteiger partial charge >= 0.3 is 0 Å². The van der Waals surface area contributed by atoms with E-state index in [1.54, 1.807) is 4.57 Å². The van der Waals surface area contributed by atoms with Gasteiger partial charge in [0.2, 0.25) is 0 Å². The fraction of sp³-hybridized carbons (Fsp3) is 0.0455. The summed E-state index contributed by atoms with van der Waals surface area (Å²) in [6.07, 6.45) is 0. The number of para-hydroxylation sites is 3. The fourth-order valence-corrected chi connectivity index (χ4v) is 14.4. The number of nitrogens with zero attached hydrogens (tertiary/aromatic N) is 3. The minimum atomic E-state index is -0.770. The molecular weight excluding hydrogens is 1130 g/mol. The SMILES string of the molecule is [2H]c1c([2H])c([2H])c(-c2ccc3c(c2)B2c4ccc(-n5c6c([2H])c([2H])c([2H])c([2H])c6c6c([2H])c([2H])c([2H])c([2H])c65)cc4N(c4c(-c5ccccc5)cc(C(C)(C)C)cc4-c4ccccc4)c4cc(-c5cccc6oc7ccccc7c56)cc(c42)N3c2cc(-c3ccccc3)cc(-c3ccccc3)c2)c([2H])c1[2H]. The van der Waals surface area contributed by atoms with Crippen molar-refractivity contribution >= 4 is 101 Å². The Balaban J connectivity index is 1.07. The summed E-state index contributed by atoms with van der Waals surface area (Å²) < 4.78 is 130. The molecule has 0 saturated heterocycles. The van der Waals surface area contributed by atoms with Gasteiger partial charge in [0.1, 0.15) is 11.2 Å². The highest BCUT2D eigenvalue weighted by atomic mass is 16.3. The molecule has 2 aliphatic rings. The summed E-state index contributed by atoms with van der Waals surface area (Å²) in [6, 6.07) is 76.4. The smallest absolute Gasteiger partial charge is 0.252 e. The standard InChI is InChI=1S/C88H62BN3O/c1-88(2,3)66-54-73(60-32-15-7-16-33-60)87(74(55-66)61-34-17-8-18-35-61)92-80-56-67(90-77-40-22-19-36-70(77)71-37-20-23-41-78(71)90)45-46-75(80)89-76-51-62(57-26-9-4-10-27-57)44-47-79(76)91(68-49-63(58-28-11-5-12-29-58)48-64(50-68)59-30-13-6-14-31-59)81-52-65(53-82(92)86(81)89)69-39-25-43-84-85(69)72-38-21-24-42-83(72)93-84/h4-56H,1-3H3/i4D,9D,10D,19D,20D,22D,23D,26D,27D,36D,37D,40D,41D. The van der Waals surface area contributed by atoms with Crippen LogP contribution in [0.4, 0.5) is 34.1 Å². The Morgan fingerprint density at radius 2 is 0.903 bits per heavy atom. The number of rotatable bonds is 9. The third-order valence-electron chi connectivity index (χ3n) is 18.6.